The van der Waals surface area contributed by atoms with Gasteiger partial charge in [0, 0.05) is 12.3 Å². The maximum absolute atomic E-state index is 12.9. The van der Waals surface area contributed by atoms with Crippen LogP contribution in [0.1, 0.15) is 36.8 Å². The number of carbonyl (C=O) groups is 1. The van der Waals surface area contributed by atoms with Crippen LogP contribution in [0.3, 0.4) is 0 Å². The van der Waals surface area contributed by atoms with E-state index < -0.39 is 17.7 Å². The Kier molecular flexibility index (Phi) is 4.94. The first kappa shape index (κ1) is 18.3. The van der Waals surface area contributed by atoms with Crippen LogP contribution < -0.4 is 0 Å². The summed E-state index contributed by atoms with van der Waals surface area (Å²) in [7, 11) is 1.58. The van der Waals surface area contributed by atoms with Gasteiger partial charge in [0.1, 0.15) is 0 Å². The minimum Gasteiger partial charge on any atom is -0.501 e. The molecule has 6 heteroatoms. The fraction of sp³-hybridized carbons (Fsp3) is 0.350. The number of halogens is 3. The Morgan fingerprint density at radius 1 is 1.19 bits per heavy atom. The number of fused-ring (bicyclic) bond motifs is 1. The largest absolute Gasteiger partial charge is 0.501 e. The van der Waals surface area contributed by atoms with Crippen molar-refractivity contribution in [2.75, 3.05) is 7.11 Å². The standard InChI is InChI=1S/C20H19F3O3/c1-26-16-9-6-12-2-3-14(10-18(24)25)19(17(12)11-16)13-4-7-15(8-5-13)20(21,22)23/h4-9,17H,2-3,10-11H2,1H3,(H,24,25). The number of rotatable bonds is 4. The normalized spacial score (nSPS) is 20.2. The van der Waals surface area contributed by atoms with Crippen molar-refractivity contribution in [3.63, 3.8) is 0 Å². The number of ether oxygens (including phenoxy) is 1. The van der Waals surface area contributed by atoms with Gasteiger partial charge in [-0.3, -0.25) is 4.79 Å². The molecule has 0 bridgehead atoms. The van der Waals surface area contributed by atoms with E-state index in [0.29, 0.717) is 18.4 Å². The molecule has 1 atom stereocenters. The molecule has 2 aliphatic carbocycles. The molecule has 1 N–H and O–H groups in total. The summed E-state index contributed by atoms with van der Waals surface area (Å²) in [5.41, 5.74) is 2.68. The van der Waals surface area contributed by atoms with Crippen LogP contribution >= 0.6 is 0 Å². The van der Waals surface area contributed by atoms with Gasteiger partial charge in [0.15, 0.2) is 0 Å². The van der Waals surface area contributed by atoms with Crippen LogP contribution in [0.5, 0.6) is 0 Å². The molecule has 26 heavy (non-hydrogen) atoms. The molecule has 3 rings (SSSR count). The van der Waals surface area contributed by atoms with Gasteiger partial charge in [-0.15, -0.1) is 0 Å². The number of aliphatic carboxylic acids is 1. The molecule has 138 valence electrons. The highest BCUT2D eigenvalue weighted by Gasteiger charge is 2.33. The van der Waals surface area contributed by atoms with E-state index in [2.05, 4.69) is 0 Å². The summed E-state index contributed by atoms with van der Waals surface area (Å²) >= 11 is 0. The molecule has 0 heterocycles. The summed E-state index contributed by atoms with van der Waals surface area (Å²) in [4.78, 5) is 11.3. The number of hydrogen-bond donors (Lipinski definition) is 1. The van der Waals surface area contributed by atoms with Crippen LogP contribution in [0.25, 0.3) is 5.57 Å². The van der Waals surface area contributed by atoms with Gasteiger partial charge in [-0.05, 0) is 42.2 Å². The second-order valence-electron chi connectivity index (χ2n) is 6.50. The van der Waals surface area contributed by atoms with E-state index in [9.17, 15) is 23.1 Å². The van der Waals surface area contributed by atoms with Crippen molar-refractivity contribution < 1.29 is 27.8 Å². The highest BCUT2D eigenvalue weighted by Crippen LogP contribution is 2.46. The number of hydrogen-bond acceptors (Lipinski definition) is 2. The molecule has 0 saturated heterocycles. The zero-order chi connectivity index (χ0) is 18.9. The van der Waals surface area contributed by atoms with Gasteiger partial charge in [-0.25, -0.2) is 0 Å². The van der Waals surface area contributed by atoms with Gasteiger partial charge in [0.05, 0.1) is 24.9 Å². The average Bonchev–Trinajstić information content (AvgIpc) is 2.60. The van der Waals surface area contributed by atoms with Gasteiger partial charge in [-0.1, -0.05) is 29.4 Å². The summed E-state index contributed by atoms with van der Waals surface area (Å²) in [5, 5.41) is 9.24. The van der Waals surface area contributed by atoms with Gasteiger partial charge in [-0.2, -0.15) is 13.2 Å². The third kappa shape index (κ3) is 3.69. The second-order valence-corrected chi connectivity index (χ2v) is 6.50. The predicted molar refractivity (Wildman–Crippen MR) is 91.1 cm³/mol. The first-order chi connectivity index (χ1) is 12.3. The van der Waals surface area contributed by atoms with Crippen LogP contribution in [0, 0.1) is 5.92 Å². The van der Waals surface area contributed by atoms with Crippen molar-refractivity contribution in [1.29, 1.82) is 0 Å². The van der Waals surface area contributed by atoms with E-state index in [0.717, 1.165) is 41.0 Å². The van der Waals surface area contributed by atoms with Crippen molar-refractivity contribution in [3.05, 3.63) is 64.4 Å². The fourth-order valence-electron chi connectivity index (χ4n) is 3.70. The molecule has 0 radical (unpaired) electrons. The van der Waals surface area contributed by atoms with Crippen molar-refractivity contribution in [1.82, 2.24) is 0 Å². The Morgan fingerprint density at radius 3 is 2.46 bits per heavy atom. The van der Waals surface area contributed by atoms with E-state index in [1.807, 2.05) is 12.2 Å². The maximum atomic E-state index is 12.9. The summed E-state index contributed by atoms with van der Waals surface area (Å²) < 4.78 is 43.9. The minimum absolute atomic E-state index is 0.0604. The third-order valence-electron chi connectivity index (χ3n) is 4.93. The summed E-state index contributed by atoms with van der Waals surface area (Å²) in [6.45, 7) is 0. The van der Waals surface area contributed by atoms with Crippen molar-refractivity contribution in [3.8, 4) is 0 Å². The van der Waals surface area contributed by atoms with Gasteiger partial charge in [0.25, 0.3) is 0 Å². The molecule has 0 fully saturated rings. The number of methoxy groups -OCH3 is 1. The van der Waals surface area contributed by atoms with Gasteiger partial charge in [0.2, 0.25) is 0 Å². The average molecular weight is 364 g/mol. The molecule has 0 aromatic heterocycles. The summed E-state index contributed by atoms with van der Waals surface area (Å²) in [6, 6.07) is 4.98. The topological polar surface area (TPSA) is 46.5 Å². The second kappa shape index (κ2) is 7.02. The zero-order valence-corrected chi connectivity index (χ0v) is 14.3. The number of allylic oxidation sites excluding steroid dienone is 5. The van der Waals surface area contributed by atoms with Crippen molar-refractivity contribution >= 4 is 11.5 Å². The Hall–Kier alpha value is -2.50. The molecule has 0 aliphatic heterocycles. The Morgan fingerprint density at radius 2 is 1.88 bits per heavy atom. The molecule has 0 spiro atoms. The predicted octanol–water partition coefficient (Wildman–Crippen LogP) is 5.20. The lowest BCUT2D eigenvalue weighted by Gasteiger charge is -2.33. The Bertz CT molecular complexity index is 799. The summed E-state index contributed by atoms with van der Waals surface area (Å²) in [5.74, 6) is -0.218. The van der Waals surface area contributed by atoms with E-state index >= 15 is 0 Å². The lowest BCUT2D eigenvalue weighted by atomic mass is 9.72. The van der Waals surface area contributed by atoms with Crippen LogP contribution in [0.4, 0.5) is 13.2 Å². The Labute approximate surface area is 149 Å². The highest BCUT2D eigenvalue weighted by molar-refractivity contribution is 5.81. The number of carboxylic acids is 1. The first-order valence-corrected chi connectivity index (χ1v) is 8.34. The first-order valence-electron chi connectivity index (χ1n) is 8.34. The maximum Gasteiger partial charge on any atom is 0.416 e. The van der Waals surface area contributed by atoms with E-state index in [-0.39, 0.29) is 12.3 Å². The summed E-state index contributed by atoms with van der Waals surface area (Å²) in [6.07, 6.45) is 1.32. The molecule has 0 amide bonds. The quantitative estimate of drug-likeness (QED) is 0.798. The number of benzene rings is 1. The molecular formula is C20H19F3O3. The zero-order valence-electron chi connectivity index (χ0n) is 14.3. The lowest BCUT2D eigenvalue weighted by Crippen LogP contribution is -2.19. The number of carboxylic acid groups (broad SMARTS) is 1. The monoisotopic (exact) mass is 364 g/mol. The molecule has 1 unspecified atom stereocenters. The van der Waals surface area contributed by atoms with Crippen molar-refractivity contribution in [2.24, 2.45) is 5.92 Å². The smallest absolute Gasteiger partial charge is 0.416 e. The van der Waals surface area contributed by atoms with Gasteiger partial charge >= 0.3 is 12.1 Å². The molecule has 0 saturated carbocycles. The number of alkyl halides is 3. The van der Waals surface area contributed by atoms with Crippen LogP contribution in [-0.4, -0.2) is 18.2 Å². The van der Waals surface area contributed by atoms with Crippen LogP contribution in [-0.2, 0) is 15.7 Å². The third-order valence-corrected chi connectivity index (χ3v) is 4.93. The van der Waals surface area contributed by atoms with Gasteiger partial charge < -0.3 is 9.84 Å². The molecule has 3 nitrogen and oxygen atoms in total. The highest BCUT2D eigenvalue weighted by atomic mass is 19.4. The van der Waals surface area contributed by atoms with E-state index in [1.165, 1.54) is 12.1 Å². The Balaban J connectivity index is 2.05. The fourth-order valence-corrected chi connectivity index (χ4v) is 3.70. The lowest BCUT2D eigenvalue weighted by molar-refractivity contribution is -0.138. The SMILES string of the molecule is COC1=CC=C2CCC(CC(=O)O)=C(c3ccc(C(F)(F)F)cc3)C2C1. The molecule has 1 aromatic carbocycles. The molecular weight excluding hydrogens is 345 g/mol. The van der Waals surface area contributed by atoms with E-state index in [4.69, 9.17) is 4.74 Å². The molecule has 2 aliphatic rings. The van der Waals surface area contributed by atoms with Crippen molar-refractivity contribution in [2.45, 2.75) is 31.9 Å². The van der Waals surface area contributed by atoms with Crippen LogP contribution in [0.15, 0.2) is 53.3 Å². The van der Waals surface area contributed by atoms with Crippen LogP contribution in [0.2, 0.25) is 0 Å². The van der Waals surface area contributed by atoms with E-state index in [1.54, 1.807) is 7.11 Å². The minimum atomic E-state index is -4.40. The molecule has 1 aromatic rings.